The van der Waals surface area contributed by atoms with Crippen LogP contribution < -0.4 is 0 Å². The molecule has 0 aromatic rings. The molecular formula is C7H13Cl2O5PS. The first-order valence-electron chi connectivity index (χ1n) is 4.13. The van der Waals surface area contributed by atoms with Crippen LogP contribution in [0.15, 0.2) is 11.1 Å². The maximum absolute atomic E-state index is 10.3. The highest BCUT2D eigenvalue weighted by atomic mass is 35.5. The van der Waals surface area contributed by atoms with Gasteiger partial charge in [-0.2, -0.15) is 0 Å². The normalized spacial score (nSPS) is 10.1. The molecule has 0 aliphatic carbocycles. The average Bonchev–Trinajstić information content (AvgIpc) is 2.09. The van der Waals surface area contributed by atoms with Crippen molar-refractivity contribution >= 4 is 47.3 Å². The van der Waals surface area contributed by atoms with Gasteiger partial charge in [0, 0.05) is 6.42 Å². The van der Waals surface area contributed by atoms with Crippen molar-refractivity contribution in [1.29, 1.82) is 0 Å². The fourth-order valence-electron chi connectivity index (χ4n) is 0.556. The van der Waals surface area contributed by atoms with Crippen molar-refractivity contribution < 1.29 is 23.1 Å². The van der Waals surface area contributed by atoms with Gasteiger partial charge in [0.1, 0.15) is 11.3 Å². The molecule has 0 bridgehead atoms. The fraction of sp³-hybridized carbons (Fsp3) is 0.571. The Morgan fingerprint density at radius 2 is 1.94 bits per heavy atom. The van der Waals surface area contributed by atoms with Crippen LogP contribution in [-0.2, 0) is 20.3 Å². The highest BCUT2D eigenvalue weighted by molar-refractivity contribution is 7.67. The lowest BCUT2D eigenvalue weighted by Crippen LogP contribution is -2.02. The van der Waals surface area contributed by atoms with Crippen LogP contribution in [0.5, 0.6) is 0 Å². The summed E-state index contributed by atoms with van der Waals surface area (Å²) in [6, 6.07) is 0. The largest absolute Gasteiger partial charge is 0.475 e. The SMILES string of the molecule is C=C(Cl)Cl.CCCCC(OP(=O)(O)O)=S=O. The highest BCUT2D eigenvalue weighted by Gasteiger charge is 2.17. The molecule has 0 fully saturated rings. The molecule has 0 unspecified atom stereocenters. The molecule has 0 rings (SSSR count). The molecule has 0 heterocycles. The van der Waals surface area contributed by atoms with E-state index in [0.717, 1.165) is 6.42 Å². The van der Waals surface area contributed by atoms with Gasteiger partial charge in [-0.3, -0.25) is 0 Å². The summed E-state index contributed by atoms with van der Waals surface area (Å²) in [5.41, 5.74) is 0. The third-order valence-corrected chi connectivity index (χ3v) is 2.10. The Labute approximate surface area is 108 Å². The molecule has 5 nitrogen and oxygen atoms in total. The molecule has 0 aromatic carbocycles. The molecular weight excluding hydrogens is 298 g/mol. The molecule has 0 aromatic heterocycles. The quantitative estimate of drug-likeness (QED) is 0.616. The molecule has 0 saturated carbocycles. The van der Waals surface area contributed by atoms with Crippen LogP contribution in [0.1, 0.15) is 26.2 Å². The van der Waals surface area contributed by atoms with E-state index in [1.54, 1.807) is 0 Å². The Kier molecular flexibility index (Phi) is 12.2. The van der Waals surface area contributed by atoms with Gasteiger partial charge >= 0.3 is 7.82 Å². The molecule has 0 aliphatic rings. The summed E-state index contributed by atoms with van der Waals surface area (Å²) >= 11 is 9.68. The standard InChI is InChI=1S/C5H11O5PS.C2H2Cl2/c1-2-3-4-5(12-9)10-11(6,7)8;1-2(3)4/h2-4H2,1H3,(H2,6,7,8);1H2. The van der Waals surface area contributed by atoms with Crippen LogP contribution in [-0.4, -0.2) is 19.0 Å². The van der Waals surface area contributed by atoms with E-state index in [0.29, 0.717) is 6.42 Å². The number of phosphoric ester groups is 1. The van der Waals surface area contributed by atoms with Crippen molar-refractivity contribution in [2.24, 2.45) is 0 Å². The van der Waals surface area contributed by atoms with Crippen molar-refractivity contribution in [3.63, 3.8) is 0 Å². The Morgan fingerprint density at radius 1 is 1.50 bits per heavy atom. The third-order valence-electron chi connectivity index (χ3n) is 1.05. The molecule has 0 spiro atoms. The van der Waals surface area contributed by atoms with Gasteiger partial charge in [-0.25, -0.2) is 13.3 Å². The zero-order valence-electron chi connectivity index (χ0n) is 8.56. The number of unbranched alkanes of at least 4 members (excludes halogenated alkanes) is 1. The van der Waals surface area contributed by atoms with E-state index in [2.05, 4.69) is 11.1 Å². The lowest BCUT2D eigenvalue weighted by molar-refractivity contribution is 0.278. The van der Waals surface area contributed by atoms with E-state index in [1.807, 2.05) is 6.92 Å². The summed E-state index contributed by atoms with van der Waals surface area (Å²) in [4.78, 5) is 16.7. The molecule has 0 atom stereocenters. The van der Waals surface area contributed by atoms with Crippen LogP contribution in [0.2, 0.25) is 0 Å². The first kappa shape index (κ1) is 18.7. The average molecular weight is 311 g/mol. The van der Waals surface area contributed by atoms with Crippen molar-refractivity contribution in [3.05, 3.63) is 11.1 Å². The second-order valence-corrected chi connectivity index (χ2v) is 5.37. The van der Waals surface area contributed by atoms with Crippen molar-refractivity contribution in [2.45, 2.75) is 26.2 Å². The Balaban J connectivity index is 0. The zero-order valence-corrected chi connectivity index (χ0v) is 11.8. The van der Waals surface area contributed by atoms with E-state index in [-0.39, 0.29) is 27.2 Å². The molecule has 0 amide bonds. The summed E-state index contributed by atoms with van der Waals surface area (Å²) in [7, 11) is -4.54. The van der Waals surface area contributed by atoms with Gasteiger partial charge in [-0.15, -0.1) is 0 Å². The van der Waals surface area contributed by atoms with E-state index < -0.39 is 7.82 Å². The van der Waals surface area contributed by atoms with Crippen LogP contribution in [0.25, 0.3) is 0 Å². The van der Waals surface area contributed by atoms with E-state index >= 15 is 0 Å². The maximum Gasteiger partial charge on any atom is 0.475 e. The molecule has 0 radical (unpaired) electrons. The van der Waals surface area contributed by atoms with Gasteiger partial charge in [0.05, 0.1) is 4.49 Å². The van der Waals surface area contributed by atoms with E-state index in [1.165, 1.54) is 0 Å². The van der Waals surface area contributed by atoms with Crippen molar-refractivity contribution in [1.82, 2.24) is 0 Å². The number of rotatable bonds is 4. The Hall–Kier alpha value is 0.320. The third kappa shape index (κ3) is 19.8. The monoisotopic (exact) mass is 310 g/mol. The Bertz CT molecular complexity index is 306. The highest BCUT2D eigenvalue weighted by Crippen LogP contribution is 2.36. The summed E-state index contributed by atoms with van der Waals surface area (Å²) in [5.74, 6) is 0. The minimum Gasteiger partial charge on any atom is -0.302 e. The zero-order chi connectivity index (χ0) is 13.2. The van der Waals surface area contributed by atoms with Gasteiger partial charge in [0.15, 0.2) is 5.05 Å². The Morgan fingerprint density at radius 3 is 2.19 bits per heavy atom. The molecule has 96 valence electrons. The van der Waals surface area contributed by atoms with Crippen LogP contribution >= 0.6 is 31.0 Å². The number of phosphoric acid groups is 1. The van der Waals surface area contributed by atoms with Crippen LogP contribution in [0, 0.1) is 0 Å². The minimum absolute atomic E-state index is 0.0110. The number of hydrogen-bond donors (Lipinski definition) is 2. The van der Waals surface area contributed by atoms with Gasteiger partial charge in [0.2, 0.25) is 0 Å². The molecule has 16 heavy (non-hydrogen) atoms. The molecule has 0 saturated heterocycles. The summed E-state index contributed by atoms with van der Waals surface area (Å²) in [5, 5.41) is -0.148. The molecule has 0 aliphatic heterocycles. The first-order valence-corrected chi connectivity index (χ1v) is 7.16. The summed E-state index contributed by atoms with van der Waals surface area (Å²) in [6.45, 7) is 4.99. The first-order chi connectivity index (χ1) is 7.22. The minimum atomic E-state index is -4.54. The maximum atomic E-state index is 10.3. The molecule has 2 N–H and O–H groups in total. The summed E-state index contributed by atoms with van der Waals surface area (Å²) in [6.07, 6.45) is 1.81. The van der Waals surface area contributed by atoms with Crippen LogP contribution in [0.4, 0.5) is 0 Å². The predicted octanol–water partition coefficient (Wildman–Crippen LogP) is 2.56. The van der Waals surface area contributed by atoms with Gasteiger partial charge in [0.25, 0.3) is 0 Å². The lowest BCUT2D eigenvalue weighted by Gasteiger charge is -2.03. The van der Waals surface area contributed by atoms with Crippen molar-refractivity contribution in [3.8, 4) is 0 Å². The smallest absolute Gasteiger partial charge is 0.302 e. The van der Waals surface area contributed by atoms with Gasteiger partial charge < -0.3 is 9.79 Å². The van der Waals surface area contributed by atoms with E-state index in [9.17, 15) is 8.77 Å². The summed E-state index contributed by atoms with van der Waals surface area (Å²) < 4.78 is 24.7. The van der Waals surface area contributed by atoms with Crippen LogP contribution in [0.3, 0.4) is 0 Å². The fourth-order valence-corrected chi connectivity index (χ4v) is 1.55. The van der Waals surface area contributed by atoms with Gasteiger partial charge in [-0.05, 0) is 6.42 Å². The van der Waals surface area contributed by atoms with Gasteiger partial charge in [-0.1, -0.05) is 43.1 Å². The topological polar surface area (TPSA) is 83.8 Å². The van der Waals surface area contributed by atoms with E-state index in [4.69, 9.17) is 33.0 Å². The second kappa shape index (κ2) is 10.5. The van der Waals surface area contributed by atoms with Crippen molar-refractivity contribution in [2.75, 3.05) is 0 Å². The lowest BCUT2D eigenvalue weighted by atomic mass is 10.3. The number of hydrogen-bond acceptors (Lipinski definition) is 3. The predicted molar refractivity (Wildman–Crippen MR) is 66.6 cm³/mol. The molecule has 9 heteroatoms. The second-order valence-electron chi connectivity index (χ2n) is 2.48. The number of halogens is 2.